The molecule has 1 fully saturated rings. The molecule has 54 heavy (non-hydrogen) atoms. The number of ether oxygens (including phenoxy) is 2. The molecule has 1 aliphatic heterocycles. The normalized spacial score (nSPS) is 14.2. The van der Waals surface area contributed by atoms with Gasteiger partial charge in [0.2, 0.25) is 5.95 Å². The lowest BCUT2D eigenvalue weighted by molar-refractivity contribution is -0.143. The molecule has 4 aromatic rings. The van der Waals surface area contributed by atoms with Crippen molar-refractivity contribution < 1.29 is 45.0 Å². The minimum Gasteiger partial charge on any atom is -0.489 e. The van der Waals surface area contributed by atoms with Crippen molar-refractivity contribution >= 4 is 23.5 Å². The summed E-state index contributed by atoms with van der Waals surface area (Å²) in [6.07, 6.45) is -9.02. The number of carbonyl (C=O) groups is 1. The molecular weight excluding hydrogens is 721 g/mol. The topological polar surface area (TPSA) is 83.1 Å². The van der Waals surface area contributed by atoms with Crippen LogP contribution in [0, 0.1) is 26.6 Å². The number of rotatable bonds is 12. The van der Waals surface area contributed by atoms with Gasteiger partial charge in [-0.15, -0.1) is 0 Å². The summed E-state index contributed by atoms with van der Waals surface area (Å²) >= 11 is 0. The predicted molar refractivity (Wildman–Crippen MR) is 190 cm³/mol. The van der Waals surface area contributed by atoms with E-state index in [0.717, 1.165) is 55.7 Å². The summed E-state index contributed by atoms with van der Waals surface area (Å²) in [4.78, 5) is 27.6. The number of aromatic nitrogens is 2. The highest BCUT2D eigenvalue weighted by Gasteiger charge is 2.37. The molecule has 0 radical (unpaired) electrons. The third-order valence-corrected chi connectivity index (χ3v) is 8.78. The zero-order valence-electron chi connectivity index (χ0n) is 30.2. The van der Waals surface area contributed by atoms with Crippen LogP contribution in [-0.2, 0) is 18.9 Å². The van der Waals surface area contributed by atoms with Gasteiger partial charge in [-0.1, -0.05) is 24.6 Å². The highest BCUT2D eigenvalue weighted by molar-refractivity contribution is 5.88. The van der Waals surface area contributed by atoms with Crippen LogP contribution in [-0.4, -0.2) is 71.7 Å². The Morgan fingerprint density at radius 1 is 0.852 bits per heavy atom. The SMILES string of the molecule is CCCN1CCN(CCOc2ccc(Nc3nccc(N(Cc4cc(C(F)(F)F)cc(C(F)(F)F)c4)C(=O)Oc4c(C)cc(C)cc4C)n3)cc2F)CC1. The first kappa shape index (κ1) is 40.2. The van der Waals surface area contributed by atoms with Gasteiger partial charge in [0.15, 0.2) is 11.6 Å². The predicted octanol–water partition coefficient (Wildman–Crippen LogP) is 8.93. The standard InChI is InChI=1S/C38H41F7N6O3/c1-5-10-49-11-13-50(14-12-49)15-16-53-32-7-6-30(22-31(32)39)47-35-46-9-8-33(48-35)51(36(52)54-34-25(3)17-24(2)18-26(34)4)23-27-19-28(37(40,41)42)21-29(20-27)38(43,44)45/h6-9,17-22H,5,10-16,23H2,1-4H3,(H,46,47,48). The number of benzene rings is 3. The molecule has 1 aliphatic rings. The van der Waals surface area contributed by atoms with Crippen molar-refractivity contribution in [1.29, 1.82) is 0 Å². The lowest BCUT2D eigenvalue weighted by atomic mass is 10.0. The number of piperazine rings is 1. The van der Waals surface area contributed by atoms with Gasteiger partial charge in [0.05, 0.1) is 17.7 Å². The molecule has 0 atom stereocenters. The molecular formula is C38H41F7N6O3. The highest BCUT2D eigenvalue weighted by atomic mass is 19.4. The third kappa shape index (κ3) is 10.6. The summed E-state index contributed by atoms with van der Waals surface area (Å²) in [5.74, 6) is -0.835. The van der Waals surface area contributed by atoms with E-state index in [0.29, 0.717) is 29.8 Å². The summed E-state index contributed by atoms with van der Waals surface area (Å²) in [5.41, 5.74) is -1.35. The zero-order valence-corrected chi connectivity index (χ0v) is 30.2. The van der Waals surface area contributed by atoms with Gasteiger partial charge >= 0.3 is 18.4 Å². The molecule has 0 unspecified atom stereocenters. The first-order valence-electron chi connectivity index (χ1n) is 17.3. The lowest BCUT2D eigenvalue weighted by Gasteiger charge is -2.34. The molecule has 1 N–H and O–H groups in total. The van der Waals surface area contributed by atoms with Crippen molar-refractivity contribution in [3.05, 3.63) is 100.0 Å². The third-order valence-electron chi connectivity index (χ3n) is 8.78. The van der Waals surface area contributed by atoms with Crippen LogP contribution in [0.2, 0.25) is 0 Å². The van der Waals surface area contributed by atoms with Crippen molar-refractivity contribution in [3.8, 4) is 11.5 Å². The Labute approximate surface area is 308 Å². The fraction of sp³-hybridized carbons (Fsp3) is 0.395. The van der Waals surface area contributed by atoms with Crippen LogP contribution in [0.4, 0.5) is 53.0 Å². The van der Waals surface area contributed by atoms with E-state index in [1.54, 1.807) is 26.0 Å². The Kier molecular flexibility index (Phi) is 12.7. The number of aryl methyl sites for hydroxylation is 3. The van der Waals surface area contributed by atoms with Gasteiger partial charge in [-0.2, -0.15) is 31.3 Å². The maximum atomic E-state index is 15.1. The van der Waals surface area contributed by atoms with E-state index in [9.17, 15) is 31.1 Å². The van der Waals surface area contributed by atoms with Gasteiger partial charge in [-0.3, -0.25) is 9.80 Å². The monoisotopic (exact) mass is 762 g/mol. The van der Waals surface area contributed by atoms with Crippen molar-refractivity contribution in [3.63, 3.8) is 0 Å². The van der Waals surface area contributed by atoms with Gasteiger partial charge in [0.25, 0.3) is 0 Å². The van der Waals surface area contributed by atoms with Crippen molar-refractivity contribution in [2.24, 2.45) is 0 Å². The van der Waals surface area contributed by atoms with Crippen molar-refractivity contribution in [2.75, 3.05) is 56.1 Å². The molecule has 5 rings (SSSR count). The Morgan fingerprint density at radius 2 is 1.46 bits per heavy atom. The summed E-state index contributed by atoms with van der Waals surface area (Å²) in [5, 5.41) is 2.82. The van der Waals surface area contributed by atoms with E-state index in [1.165, 1.54) is 24.4 Å². The van der Waals surface area contributed by atoms with Crippen molar-refractivity contribution in [1.82, 2.24) is 19.8 Å². The van der Waals surface area contributed by atoms with Gasteiger partial charge in [0, 0.05) is 50.7 Å². The zero-order chi connectivity index (χ0) is 39.2. The molecule has 0 saturated carbocycles. The Bertz CT molecular complexity index is 1880. The number of alkyl halides is 6. The van der Waals surface area contributed by atoms with E-state index in [2.05, 4.69) is 32.0 Å². The maximum Gasteiger partial charge on any atom is 0.421 e. The number of nitrogens with one attached hydrogen (secondary N) is 1. The van der Waals surface area contributed by atoms with E-state index in [-0.39, 0.29) is 41.6 Å². The molecule has 0 spiro atoms. The lowest BCUT2D eigenvalue weighted by Crippen LogP contribution is -2.47. The molecule has 9 nitrogen and oxygen atoms in total. The van der Waals surface area contributed by atoms with Gasteiger partial charge in [-0.05, 0) is 86.8 Å². The van der Waals surface area contributed by atoms with Gasteiger partial charge < -0.3 is 19.7 Å². The molecule has 0 bridgehead atoms. The summed E-state index contributed by atoms with van der Waals surface area (Å²) in [6.45, 7) is 12.3. The molecule has 290 valence electrons. The summed E-state index contributed by atoms with van der Waals surface area (Å²) in [6, 6.07) is 9.90. The van der Waals surface area contributed by atoms with Crippen LogP contribution >= 0.6 is 0 Å². The fourth-order valence-electron chi connectivity index (χ4n) is 6.22. The fourth-order valence-corrected chi connectivity index (χ4v) is 6.22. The first-order chi connectivity index (χ1) is 25.5. The van der Waals surface area contributed by atoms with Crippen LogP contribution in [0.5, 0.6) is 11.5 Å². The number of nitrogens with zero attached hydrogens (tertiary/aromatic N) is 5. The number of hydrogen-bond donors (Lipinski definition) is 1. The average Bonchev–Trinajstić information content (AvgIpc) is 3.10. The number of halogens is 7. The largest absolute Gasteiger partial charge is 0.489 e. The quantitative estimate of drug-likeness (QED) is 0.143. The minimum absolute atomic E-state index is 0.00288. The molecule has 0 aliphatic carbocycles. The Hall–Kier alpha value is -4.96. The van der Waals surface area contributed by atoms with Gasteiger partial charge in [-0.25, -0.2) is 14.2 Å². The molecule has 1 amide bonds. The molecule has 16 heteroatoms. The smallest absolute Gasteiger partial charge is 0.421 e. The van der Waals surface area contributed by atoms with E-state index in [1.807, 2.05) is 6.92 Å². The average molecular weight is 763 g/mol. The van der Waals surface area contributed by atoms with Crippen LogP contribution < -0.4 is 19.7 Å². The number of amides is 1. The molecule has 2 heterocycles. The molecule has 3 aromatic carbocycles. The first-order valence-corrected chi connectivity index (χ1v) is 17.3. The second kappa shape index (κ2) is 17.0. The molecule has 1 saturated heterocycles. The van der Waals surface area contributed by atoms with E-state index < -0.39 is 47.5 Å². The van der Waals surface area contributed by atoms with Crippen LogP contribution in [0.1, 0.15) is 46.7 Å². The second-order valence-electron chi connectivity index (χ2n) is 13.1. The Balaban J connectivity index is 1.37. The van der Waals surface area contributed by atoms with Crippen LogP contribution in [0.25, 0.3) is 0 Å². The Morgan fingerprint density at radius 3 is 2.04 bits per heavy atom. The minimum atomic E-state index is -5.11. The summed E-state index contributed by atoms with van der Waals surface area (Å²) in [7, 11) is 0. The number of hydrogen-bond acceptors (Lipinski definition) is 8. The van der Waals surface area contributed by atoms with E-state index in [4.69, 9.17) is 9.47 Å². The van der Waals surface area contributed by atoms with Crippen LogP contribution in [0.15, 0.2) is 60.8 Å². The number of anilines is 3. The van der Waals surface area contributed by atoms with E-state index >= 15 is 4.39 Å². The number of carbonyl (C=O) groups excluding carboxylic acids is 1. The second-order valence-corrected chi connectivity index (χ2v) is 13.1. The maximum absolute atomic E-state index is 15.1. The summed E-state index contributed by atoms with van der Waals surface area (Å²) < 4.78 is 109. The van der Waals surface area contributed by atoms with Crippen LogP contribution in [0.3, 0.4) is 0 Å². The molecule has 1 aromatic heterocycles. The highest BCUT2D eigenvalue weighted by Crippen LogP contribution is 2.37. The van der Waals surface area contributed by atoms with Crippen molar-refractivity contribution in [2.45, 2.75) is 53.0 Å². The van der Waals surface area contributed by atoms with Gasteiger partial charge in [0.1, 0.15) is 18.2 Å².